The van der Waals surface area contributed by atoms with Crippen molar-refractivity contribution >= 4 is 5.91 Å². The molecule has 5 nitrogen and oxygen atoms in total. The molecule has 1 aliphatic carbocycles. The molecule has 0 saturated carbocycles. The van der Waals surface area contributed by atoms with Crippen molar-refractivity contribution < 1.29 is 4.79 Å². The second kappa shape index (κ2) is 6.01. The van der Waals surface area contributed by atoms with Crippen LogP contribution >= 0.6 is 0 Å². The first-order valence-electron chi connectivity index (χ1n) is 7.18. The van der Waals surface area contributed by atoms with E-state index in [1.807, 2.05) is 36.5 Å². The van der Waals surface area contributed by atoms with Gasteiger partial charge in [0.15, 0.2) is 5.82 Å². The Morgan fingerprint density at radius 1 is 1.33 bits per heavy atom. The fourth-order valence-electron chi connectivity index (χ4n) is 2.68. The molecule has 1 atom stereocenters. The number of benzene rings is 1. The van der Waals surface area contributed by atoms with Gasteiger partial charge in [0.1, 0.15) is 0 Å². The van der Waals surface area contributed by atoms with E-state index >= 15 is 0 Å². The Hall–Kier alpha value is -2.27. The topological polar surface area (TPSA) is 80.9 Å². The van der Waals surface area contributed by atoms with E-state index in [9.17, 15) is 4.79 Å². The minimum atomic E-state index is -0.139. The lowest BCUT2D eigenvalue weighted by atomic mass is 9.92. The minimum absolute atomic E-state index is 0.00872. The van der Waals surface area contributed by atoms with E-state index in [0.717, 1.165) is 41.9 Å². The molecule has 0 aliphatic heterocycles. The summed E-state index contributed by atoms with van der Waals surface area (Å²) in [6.45, 7) is 0.00872. The molecule has 1 aromatic heterocycles. The molecular formula is C16H18N4O. The number of aryl methyl sites for hydroxylation is 1. The van der Waals surface area contributed by atoms with Crippen LogP contribution in [0.15, 0.2) is 36.5 Å². The van der Waals surface area contributed by atoms with Crippen LogP contribution in [0.2, 0.25) is 0 Å². The van der Waals surface area contributed by atoms with Crippen molar-refractivity contribution in [3.63, 3.8) is 0 Å². The lowest BCUT2D eigenvalue weighted by Gasteiger charge is -2.25. The van der Waals surface area contributed by atoms with Gasteiger partial charge in [0.05, 0.1) is 12.6 Å². The number of nitrogens with two attached hydrogens (primary N) is 1. The number of aromatic nitrogens is 2. The Morgan fingerprint density at radius 2 is 2.14 bits per heavy atom. The second-order valence-electron chi connectivity index (χ2n) is 5.18. The SMILES string of the molecule is NCC(=O)N[C@H]1CCCc2nc(-c3ccccc3)ncc21. The molecule has 108 valence electrons. The zero-order valence-electron chi connectivity index (χ0n) is 11.7. The third-order valence-electron chi connectivity index (χ3n) is 3.73. The zero-order chi connectivity index (χ0) is 14.7. The second-order valence-corrected chi connectivity index (χ2v) is 5.18. The molecule has 21 heavy (non-hydrogen) atoms. The molecular weight excluding hydrogens is 264 g/mol. The van der Waals surface area contributed by atoms with Gasteiger partial charge in [0.2, 0.25) is 5.91 Å². The lowest BCUT2D eigenvalue weighted by Crippen LogP contribution is -2.35. The highest BCUT2D eigenvalue weighted by Gasteiger charge is 2.23. The Balaban J connectivity index is 1.90. The first-order valence-corrected chi connectivity index (χ1v) is 7.18. The number of hydrogen-bond acceptors (Lipinski definition) is 4. The van der Waals surface area contributed by atoms with Crippen molar-refractivity contribution in [2.45, 2.75) is 25.3 Å². The average Bonchev–Trinajstić information content (AvgIpc) is 2.55. The summed E-state index contributed by atoms with van der Waals surface area (Å²) < 4.78 is 0. The van der Waals surface area contributed by atoms with Gasteiger partial charge in [-0.25, -0.2) is 9.97 Å². The van der Waals surface area contributed by atoms with Crippen LogP contribution in [0.25, 0.3) is 11.4 Å². The zero-order valence-corrected chi connectivity index (χ0v) is 11.7. The van der Waals surface area contributed by atoms with Gasteiger partial charge in [-0.3, -0.25) is 4.79 Å². The highest BCUT2D eigenvalue weighted by molar-refractivity contribution is 5.78. The number of carbonyl (C=O) groups excluding carboxylic acids is 1. The Kier molecular flexibility index (Phi) is 3.92. The van der Waals surface area contributed by atoms with E-state index in [2.05, 4.69) is 15.3 Å². The molecule has 1 amide bonds. The summed E-state index contributed by atoms with van der Waals surface area (Å²) >= 11 is 0. The predicted octanol–water partition coefficient (Wildman–Crippen LogP) is 1.60. The molecule has 0 spiro atoms. The predicted molar refractivity (Wildman–Crippen MR) is 80.3 cm³/mol. The summed E-state index contributed by atoms with van der Waals surface area (Å²) in [5.41, 5.74) is 8.42. The van der Waals surface area contributed by atoms with Crippen molar-refractivity contribution in [2.24, 2.45) is 5.73 Å². The van der Waals surface area contributed by atoms with Gasteiger partial charge in [0.25, 0.3) is 0 Å². The van der Waals surface area contributed by atoms with Crippen LogP contribution < -0.4 is 11.1 Å². The maximum absolute atomic E-state index is 11.5. The van der Waals surface area contributed by atoms with E-state index < -0.39 is 0 Å². The standard InChI is InChI=1S/C16H18N4O/c17-9-15(21)19-13-7-4-8-14-12(13)10-18-16(20-14)11-5-2-1-3-6-11/h1-3,5-6,10,13H,4,7-9,17H2,(H,19,21)/t13-/m0/s1. The number of amides is 1. The van der Waals surface area contributed by atoms with Crippen molar-refractivity contribution in [3.8, 4) is 11.4 Å². The van der Waals surface area contributed by atoms with E-state index in [0.29, 0.717) is 0 Å². The molecule has 5 heteroatoms. The fourth-order valence-corrected chi connectivity index (χ4v) is 2.68. The highest BCUT2D eigenvalue weighted by Crippen LogP contribution is 2.29. The molecule has 0 radical (unpaired) electrons. The van der Waals surface area contributed by atoms with Gasteiger partial charge in [-0.2, -0.15) is 0 Å². The van der Waals surface area contributed by atoms with Crippen LogP contribution in [0.5, 0.6) is 0 Å². The first kappa shape index (κ1) is 13.7. The number of fused-ring (bicyclic) bond motifs is 1. The molecule has 2 aromatic rings. The van der Waals surface area contributed by atoms with Gasteiger partial charge in [-0.05, 0) is 19.3 Å². The van der Waals surface area contributed by atoms with Crippen LogP contribution in [0.1, 0.15) is 30.1 Å². The summed E-state index contributed by atoms with van der Waals surface area (Å²) in [5, 5.41) is 2.94. The summed E-state index contributed by atoms with van der Waals surface area (Å²) in [7, 11) is 0. The van der Waals surface area contributed by atoms with Crippen molar-refractivity contribution in [1.29, 1.82) is 0 Å². The first-order chi connectivity index (χ1) is 10.3. The van der Waals surface area contributed by atoms with Gasteiger partial charge >= 0.3 is 0 Å². The molecule has 0 saturated heterocycles. The quantitative estimate of drug-likeness (QED) is 0.896. The maximum Gasteiger partial charge on any atom is 0.234 e. The van der Waals surface area contributed by atoms with Gasteiger partial charge < -0.3 is 11.1 Å². The maximum atomic E-state index is 11.5. The summed E-state index contributed by atoms with van der Waals surface area (Å²) in [4.78, 5) is 20.6. The molecule has 0 bridgehead atoms. The molecule has 1 aliphatic rings. The van der Waals surface area contributed by atoms with E-state index in [-0.39, 0.29) is 18.5 Å². The van der Waals surface area contributed by atoms with E-state index in [1.165, 1.54) is 0 Å². The number of nitrogens with zero attached hydrogens (tertiary/aromatic N) is 2. The van der Waals surface area contributed by atoms with Gasteiger partial charge in [-0.1, -0.05) is 30.3 Å². The molecule has 3 rings (SSSR count). The molecule has 0 unspecified atom stereocenters. The fraction of sp³-hybridized carbons (Fsp3) is 0.312. The van der Waals surface area contributed by atoms with Crippen LogP contribution in [-0.2, 0) is 11.2 Å². The van der Waals surface area contributed by atoms with E-state index in [4.69, 9.17) is 5.73 Å². The van der Waals surface area contributed by atoms with Gasteiger partial charge in [0, 0.05) is 23.0 Å². The Bertz CT molecular complexity index is 642. The number of rotatable bonds is 3. The molecule has 0 fully saturated rings. The van der Waals surface area contributed by atoms with Crippen LogP contribution in [-0.4, -0.2) is 22.4 Å². The molecule has 3 N–H and O–H groups in total. The Morgan fingerprint density at radius 3 is 2.90 bits per heavy atom. The summed E-state index contributed by atoms with van der Waals surface area (Å²) in [6.07, 6.45) is 4.68. The normalized spacial score (nSPS) is 17.1. The van der Waals surface area contributed by atoms with Crippen molar-refractivity contribution in [2.75, 3.05) is 6.54 Å². The third kappa shape index (κ3) is 2.92. The third-order valence-corrected chi connectivity index (χ3v) is 3.73. The van der Waals surface area contributed by atoms with Crippen LogP contribution in [0, 0.1) is 0 Å². The average molecular weight is 282 g/mol. The number of hydrogen-bond donors (Lipinski definition) is 2. The Labute approximate surface area is 123 Å². The summed E-state index contributed by atoms with van der Waals surface area (Å²) in [6, 6.07) is 9.90. The largest absolute Gasteiger partial charge is 0.348 e. The van der Waals surface area contributed by atoms with Crippen LogP contribution in [0.4, 0.5) is 0 Å². The molecule has 1 aromatic carbocycles. The minimum Gasteiger partial charge on any atom is -0.348 e. The van der Waals surface area contributed by atoms with E-state index in [1.54, 1.807) is 0 Å². The van der Waals surface area contributed by atoms with Crippen molar-refractivity contribution in [3.05, 3.63) is 47.8 Å². The highest BCUT2D eigenvalue weighted by atomic mass is 16.1. The van der Waals surface area contributed by atoms with Gasteiger partial charge in [-0.15, -0.1) is 0 Å². The van der Waals surface area contributed by atoms with Crippen LogP contribution in [0.3, 0.4) is 0 Å². The lowest BCUT2D eigenvalue weighted by molar-refractivity contribution is -0.120. The number of carbonyl (C=O) groups is 1. The smallest absolute Gasteiger partial charge is 0.234 e. The summed E-state index contributed by atoms with van der Waals surface area (Å²) in [5.74, 6) is 0.597. The number of nitrogens with one attached hydrogen (secondary N) is 1. The van der Waals surface area contributed by atoms with Crippen molar-refractivity contribution in [1.82, 2.24) is 15.3 Å². The molecule has 1 heterocycles. The monoisotopic (exact) mass is 282 g/mol.